The van der Waals surface area contributed by atoms with Crippen molar-refractivity contribution in [1.82, 2.24) is 4.90 Å². The molecule has 2 aliphatic heterocycles. The lowest BCUT2D eigenvalue weighted by Gasteiger charge is -2.31. The number of fused-ring (bicyclic) bond motifs is 1. The fourth-order valence-corrected chi connectivity index (χ4v) is 3.12. The van der Waals surface area contributed by atoms with E-state index >= 15 is 0 Å². The normalized spacial score (nSPS) is 28.9. The summed E-state index contributed by atoms with van der Waals surface area (Å²) in [6, 6.07) is 6.88. The van der Waals surface area contributed by atoms with E-state index in [0.29, 0.717) is 36.4 Å². The van der Waals surface area contributed by atoms with Gasteiger partial charge >= 0.3 is 0 Å². The molecular formula is C16H19NO4. The first-order valence-electron chi connectivity index (χ1n) is 7.35. The lowest BCUT2D eigenvalue weighted by atomic mass is 9.95. The molecule has 5 heteroatoms. The summed E-state index contributed by atoms with van der Waals surface area (Å²) in [6.45, 7) is 2.40. The predicted molar refractivity (Wildman–Crippen MR) is 75.7 cm³/mol. The van der Waals surface area contributed by atoms with Gasteiger partial charge in [0, 0.05) is 13.0 Å². The van der Waals surface area contributed by atoms with E-state index in [1.54, 1.807) is 24.3 Å². The maximum absolute atomic E-state index is 12.2. The maximum atomic E-state index is 12.2. The molecule has 0 saturated carbocycles. The molecule has 1 N–H and O–H groups in total. The zero-order valence-electron chi connectivity index (χ0n) is 12.0. The topological polar surface area (TPSA) is 66.8 Å². The molecule has 0 aromatic heterocycles. The minimum Gasteiger partial charge on any atom is -0.368 e. The number of amides is 2. The summed E-state index contributed by atoms with van der Waals surface area (Å²) >= 11 is 0. The number of hydrogen-bond donors (Lipinski definition) is 1. The largest absolute Gasteiger partial charge is 0.368 e. The molecule has 112 valence electrons. The molecule has 2 amide bonds. The molecule has 0 unspecified atom stereocenters. The van der Waals surface area contributed by atoms with Crippen LogP contribution in [0.3, 0.4) is 0 Å². The molecule has 0 radical (unpaired) electrons. The summed E-state index contributed by atoms with van der Waals surface area (Å²) < 4.78 is 5.47. The Hall–Kier alpha value is -1.72. The van der Waals surface area contributed by atoms with E-state index in [0.717, 1.165) is 6.42 Å². The van der Waals surface area contributed by atoms with Crippen molar-refractivity contribution in [3.63, 3.8) is 0 Å². The van der Waals surface area contributed by atoms with E-state index in [4.69, 9.17) is 4.74 Å². The van der Waals surface area contributed by atoms with Crippen LogP contribution in [0.1, 0.15) is 46.9 Å². The van der Waals surface area contributed by atoms with Crippen LogP contribution in [-0.2, 0) is 4.74 Å². The summed E-state index contributed by atoms with van der Waals surface area (Å²) in [6.07, 6.45) is 1.21. The number of imide groups is 1. The first kappa shape index (κ1) is 14.2. The van der Waals surface area contributed by atoms with Gasteiger partial charge in [0.15, 0.2) is 6.29 Å². The number of aliphatic hydroxyl groups excluding tert-OH is 1. The number of aliphatic hydroxyl groups is 1. The molecule has 21 heavy (non-hydrogen) atoms. The average molecular weight is 289 g/mol. The predicted octanol–water partition coefficient (Wildman–Crippen LogP) is 1.81. The molecule has 3 atom stereocenters. The van der Waals surface area contributed by atoms with Crippen LogP contribution in [0.5, 0.6) is 0 Å². The van der Waals surface area contributed by atoms with Gasteiger partial charge < -0.3 is 9.84 Å². The van der Waals surface area contributed by atoms with Gasteiger partial charge in [-0.15, -0.1) is 0 Å². The van der Waals surface area contributed by atoms with Crippen molar-refractivity contribution < 1.29 is 19.4 Å². The molecular weight excluding hydrogens is 270 g/mol. The van der Waals surface area contributed by atoms with Gasteiger partial charge in [-0.3, -0.25) is 14.5 Å². The third-order valence-corrected chi connectivity index (χ3v) is 4.17. The fourth-order valence-electron chi connectivity index (χ4n) is 3.12. The lowest BCUT2D eigenvalue weighted by Crippen LogP contribution is -2.37. The van der Waals surface area contributed by atoms with Gasteiger partial charge in [0.2, 0.25) is 0 Å². The van der Waals surface area contributed by atoms with Gasteiger partial charge in [0.05, 0.1) is 17.2 Å². The standard InChI is InChI=1S/C16H19NO4/c1-10-8-11(21-14(18)9-10)6-7-17-15(19)12-4-2-3-5-13(12)16(17)20/h2-5,10-11,14,18H,6-9H2,1H3/t10-,11-,14-/m1/s1. The second-order valence-corrected chi connectivity index (χ2v) is 5.89. The van der Waals surface area contributed by atoms with Crippen LogP contribution >= 0.6 is 0 Å². The number of hydrogen-bond acceptors (Lipinski definition) is 4. The van der Waals surface area contributed by atoms with E-state index in [-0.39, 0.29) is 17.9 Å². The molecule has 1 aromatic rings. The lowest BCUT2D eigenvalue weighted by molar-refractivity contribution is -0.176. The Bertz CT molecular complexity index is 526. The Kier molecular flexibility index (Phi) is 3.78. The Labute approximate surface area is 123 Å². The van der Waals surface area contributed by atoms with Gasteiger partial charge in [-0.05, 0) is 30.9 Å². The van der Waals surface area contributed by atoms with Gasteiger partial charge in [-0.25, -0.2) is 0 Å². The number of benzene rings is 1. The van der Waals surface area contributed by atoms with Crippen LogP contribution in [0, 0.1) is 5.92 Å². The van der Waals surface area contributed by atoms with Crippen molar-refractivity contribution >= 4 is 11.8 Å². The monoisotopic (exact) mass is 289 g/mol. The van der Waals surface area contributed by atoms with E-state index in [1.165, 1.54) is 4.90 Å². The Balaban J connectivity index is 1.64. The van der Waals surface area contributed by atoms with E-state index in [1.807, 2.05) is 0 Å². The SMILES string of the molecule is C[C@@H]1C[C@@H](CCN2C(=O)c3ccccc3C2=O)O[C@@H](O)C1. The van der Waals surface area contributed by atoms with Crippen LogP contribution in [0.2, 0.25) is 0 Å². The summed E-state index contributed by atoms with van der Waals surface area (Å²) in [7, 11) is 0. The van der Waals surface area contributed by atoms with Crippen LogP contribution in [-0.4, -0.2) is 40.8 Å². The molecule has 1 saturated heterocycles. The molecule has 2 aliphatic rings. The molecule has 2 heterocycles. The molecule has 1 aromatic carbocycles. The van der Waals surface area contributed by atoms with Crippen LogP contribution < -0.4 is 0 Å². The Morgan fingerprint density at radius 2 is 1.81 bits per heavy atom. The first-order valence-corrected chi connectivity index (χ1v) is 7.35. The quantitative estimate of drug-likeness (QED) is 0.862. The van der Waals surface area contributed by atoms with Crippen molar-refractivity contribution in [3.8, 4) is 0 Å². The molecule has 1 fully saturated rings. The molecule has 0 aliphatic carbocycles. The molecule has 3 rings (SSSR count). The first-order chi connectivity index (χ1) is 10.1. The molecule has 5 nitrogen and oxygen atoms in total. The van der Waals surface area contributed by atoms with Crippen molar-refractivity contribution in [2.75, 3.05) is 6.54 Å². The minimum absolute atomic E-state index is 0.104. The van der Waals surface area contributed by atoms with E-state index < -0.39 is 6.29 Å². The van der Waals surface area contributed by atoms with E-state index in [2.05, 4.69) is 6.92 Å². The summed E-state index contributed by atoms with van der Waals surface area (Å²) in [4.78, 5) is 25.7. The number of ether oxygens (including phenoxy) is 1. The molecule has 0 spiro atoms. The highest BCUT2D eigenvalue weighted by atomic mass is 16.6. The highest BCUT2D eigenvalue weighted by Gasteiger charge is 2.35. The minimum atomic E-state index is -0.735. The van der Waals surface area contributed by atoms with Gasteiger partial charge in [-0.1, -0.05) is 19.1 Å². The zero-order valence-corrected chi connectivity index (χ0v) is 12.0. The summed E-state index contributed by atoms with van der Waals surface area (Å²) in [5, 5.41) is 9.62. The number of carbonyl (C=O) groups excluding carboxylic acids is 2. The third-order valence-electron chi connectivity index (χ3n) is 4.17. The second-order valence-electron chi connectivity index (χ2n) is 5.89. The Morgan fingerprint density at radius 3 is 2.38 bits per heavy atom. The number of rotatable bonds is 3. The zero-order chi connectivity index (χ0) is 15.0. The maximum Gasteiger partial charge on any atom is 0.261 e. The van der Waals surface area contributed by atoms with Crippen LogP contribution in [0.15, 0.2) is 24.3 Å². The number of nitrogens with zero attached hydrogens (tertiary/aromatic N) is 1. The van der Waals surface area contributed by atoms with Crippen molar-refractivity contribution in [3.05, 3.63) is 35.4 Å². The molecule has 0 bridgehead atoms. The van der Waals surface area contributed by atoms with Crippen LogP contribution in [0.4, 0.5) is 0 Å². The second kappa shape index (κ2) is 5.58. The Morgan fingerprint density at radius 1 is 1.19 bits per heavy atom. The average Bonchev–Trinajstić information content (AvgIpc) is 2.69. The van der Waals surface area contributed by atoms with Crippen molar-refractivity contribution in [2.24, 2.45) is 5.92 Å². The van der Waals surface area contributed by atoms with Gasteiger partial charge in [0.1, 0.15) is 0 Å². The smallest absolute Gasteiger partial charge is 0.261 e. The van der Waals surface area contributed by atoms with Crippen LogP contribution in [0.25, 0.3) is 0 Å². The van der Waals surface area contributed by atoms with Crippen molar-refractivity contribution in [2.45, 2.75) is 38.6 Å². The van der Waals surface area contributed by atoms with Gasteiger partial charge in [-0.2, -0.15) is 0 Å². The third kappa shape index (κ3) is 2.71. The van der Waals surface area contributed by atoms with Gasteiger partial charge in [0.25, 0.3) is 11.8 Å². The number of carbonyl (C=O) groups is 2. The fraction of sp³-hybridized carbons (Fsp3) is 0.500. The van der Waals surface area contributed by atoms with E-state index in [9.17, 15) is 14.7 Å². The highest BCUT2D eigenvalue weighted by molar-refractivity contribution is 6.21. The van der Waals surface area contributed by atoms with Crippen molar-refractivity contribution in [1.29, 1.82) is 0 Å². The summed E-state index contributed by atoms with van der Waals surface area (Å²) in [5.74, 6) is -0.0825. The highest BCUT2D eigenvalue weighted by Crippen LogP contribution is 2.27. The summed E-state index contributed by atoms with van der Waals surface area (Å²) in [5.41, 5.74) is 0.945.